The van der Waals surface area contributed by atoms with Crippen LogP contribution in [-0.4, -0.2) is 7.05 Å². The average Bonchev–Trinajstić information content (AvgIpc) is 2.82. The molecule has 0 spiro atoms. The number of hydrogen-bond acceptors (Lipinski definition) is 4. The van der Waals surface area contributed by atoms with E-state index in [9.17, 15) is 0 Å². The van der Waals surface area contributed by atoms with E-state index in [1.54, 1.807) is 16.2 Å². The fourth-order valence-electron chi connectivity index (χ4n) is 1.56. The highest BCUT2D eigenvalue weighted by Gasteiger charge is 2.08. The van der Waals surface area contributed by atoms with E-state index in [0.29, 0.717) is 0 Å². The van der Waals surface area contributed by atoms with Gasteiger partial charge in [0, 0.05) is 24.2 Å². The summed E-state index contributed by atoms with van der Waals surface area (Å²) in [4.78, 5) is 1.73. The highest BCUT2D eigenvalue weighted by molar-refractivity contribution is 7.12. The Balaban J connectivity index is 2.25. The van der Waals surface area contributed by atoms with Crippen LogP contribution in [-0.2, 0) is 7.05 Å². The van der Waals surface area contributed by atoms with Crippen molar-refractivity contribution in [1.29, 1.82) is 0 Å². The number of aryl methyl sites for hydroxylation is 2. The van der Waals surface area contributed by atoms with Crippen LogP contribution in [0.3, 0.4) is 0 Å². The molecule has 0 N–H and O–H groups in total. The SMILES string of the molecule is C#CN(C)c1ccc(/N=N/c2scc[n+]2C)c(C)c1. The summed E-state index contributed by atoms with van der Waals surface area (Å²) in [5.41, 5.74) is 2.87. The molecule has 0 unspecified atom stereocenters. The van der Waals surface area contributed by atoms with E-state index in [1.165, 1.54) is 0 Å². The largest absolute Gasteiger partial charge is 0.408 e. The summed E-state index contributed by atoms with van der Waals surface area (Å²) < 4.78 is 1.93. The molecule has 0 radical (unpaired) electrons. The molecule has 4 nitrogen and oxygen atoms in total. The molecule has 96 valence electrons. The minimum Gasteiger partial charge on any atom is -0.305 e. The fraction of sp³-hybridized carbons (Fsp3) is 0.214. The number of azo groups is 1. The Labute approximate surface area is 117 Å². The van der Waals surface area contributed by atoms with Gasteiger partial charge >= 0.3 is 5.13 Å². The molecule has 0 saturated heterocycles. The molecule has 1 heterocycles. The van der Waals surface area contributed by atoms with Gasteiger partial charge in [0.1, 0.15) is 11.9 Å². The first kappa shape index (κ1) is 13.2. The van der Waals surface area contributed by atoms with Gasteiger partial charge in [0.2, 0.25) is 0 Å². The number of thiazole rings is 1. The zero-order valence-corrected chi connectivity index (χ0v) is 12.0. The van der Waals surface area contributed by atoms with Gasteiger partial charge in [-0.25, -0.2) is 4.57 Å². The van der Waals surface area contributed by atoms with Crippen LogP contribution >= 0.6 is 11.3 Å². The molecule has 19 heavy (non-hydrogen) atoms. The lowest BCUT2D eigenvalue weighted by molar-refractivity contribution is -0.654. The molecule has 5 heteroatoms. The predicted octanol–water partition coefficient (Wildman–Crippen LogP) is 3.32. The van der Waals surface area contributed by atoms with E-state index in [0.717, 1.165) is 22.1 Å². The molecule has 2 aromatic rings. The Kier molecular flexibility index (Phi) is 3.93. The summed E-state index contributed by atoms with van der Waals surface area (Å²) in [7, 11) is 3.80. The van der Waals surface area contributed by atoms with Gasteiger partial charge in [-0.2, -0.15) is 0 Å². The summed E-state index contributed by atoms with van der Waals surface area (Å²) in [6, 6.07) is 8.44. The van der Waals surface area contributed by atoms with Crippen LogP contribution in [0.4, 0.5) is 16.5 Å². The quantitative estimate of drug-likeness (QED) is 0.365. The number of rotatable bonds is 3. The first-order valence-electron chi connectivity index (χ1n) is 5.77. The van der Waals surface area contributed by atoms with Crippen molar-refractivity contribution in [3.05, 3.63) is 35.3 Å². The van der Waals surface area contributed by atoms with Crippen LogP contribution in [0, 0.1) is 19.4 Å². The first-order valence-corrected chi connectivity index (χ1v) is 6.65. The lowest BCUT2D eigenvalue weighted by Crippen LogP contribution is -2.23. The highest BCUT2D eigenvalue weighted by atomic mass is 32.1. The van der Waals surface area contributed by atoms with E-state index in [4.69, 9.17) is 6.42 Å². The van der Waals surface area contributed by atoms with E-state index in [2.05, 4.69) is 16.3 Å². The highest BCUT2D eigenvalue weighted by Crippen LogP contribution is 2.26. The molecule has 2 rings (SSSR count). The van der Waals surface area contributed by atoms with Crippen molar-refractivity contribution in [2.45, 2.75) is 6.92 Å². The van der Waals surface area contributed by atoms with Crippen molar-refractivity contribution >= 4 is 27.8 Å². The van der Waals surface area contributed by atoms with Gasteiger partial charge in [-0.15, -0.1) is 0 Å². The minimum atomic E-state index is 0.850. The molecule has 0 aliphatic rings. The third kappa shape index (κ3) is 2.98. The van der Waals surface area contributed by atoms with Crippen molar-refractivity contribution in [3.63, 3.8) is 0 Å². The predicted molar refractivity (Wildman–Crippen MR) is 78.1 cm³/mol. The summed E-state index contributed by atoms with van der Waals surface area (Å²) in [6.07, 6.45) is 7.32. The third-order valence-corrected chi connectivity index (χ3v) is 3.60. The monoisotopic (exact) mass is 271 g/mol. The molecular weight excluding hydrogens is 256 g/mol. The Hall–Kier alpha value is -2.19. The number of terminal acetylenes is 1. The van der Waals surface area contributed by atoms with Crippen LogP contribution in [0.1, 0.15) is 5.56 Å². The van der Waals surface area contributed by atoms with E-state index in [1.807, 2.05) is 55.4 Å². The van der Waals surface area contributed by atoms with Crippen LogP contribution < -0.4 is 9.47 Å². The first-order chi connectivity index (χ1) is 9.11. The van der Waals surface area contributed by atoms with Crippen molar-refractivity contribution in [2.75, 3.05) is 11.9 Å². The molecule has 0 amide bonds. The van der Waals surface area contributed by atoms with Crippen LogP contribution in [0.15, 0.2) is 40.0 Å². The fourth-order valence-corrected chi connectivity index (χ4v) is 2.24. The molecule has 0 saturated carbocycles. The maximum atomic E-state index is 5.36. The van der Waals surface area contributed by atoms with E-state index < -0.39 is 0 Å². The Morgan fingerprint density at radius 2 is 2.16 bits per heavy atom. The Bertz CT molecular complexity index is 652. The molecule has 0 aliphatic heterocycles. The van der Waals surface area contributed by atoms with E-state index >= 15 is 0 Å². The minimum absolute atomic E-state index is 0.850. The van der Waals surface area contributed by atoms with Gasteiger partial charge in [0.15, 0.2) is 0 Å². The molecule has 1 aromatic carbocycles. The lowest BCUT2D eigenvalue weighted by atomic mass is 10.2. The number of nitrogens with zero attached hydrogens (tertiary/aromatic N) is 4. The van der Waals surface area contributed by atoms with Crippen LogP contribution in [0.2, 0.25) is 0 Å². The van der Waals surface area contributed by atoms with Crippen molar-refractivity contribution in [2.24, 2.45) is 17.3 Å². The normalized spacial score (nSPS) is 10.6. The number of hydrogen-bond donors (Lipinski definition) is 0. The number of anilines is 1. The second-order valence-electron chi connectivity index (χ2n) is 4.16. The molecular formula is C14H15N4S+. The lowest BCUT2D eigenvalue weighted by Gasteiger charge is -2.11. The molecule has 0 atom stereocenters. The molecule has 0 bridgehead atoms. The van der Waals surface area contributed by atoms with E-state index in [-0.39, 0.29) is 0 Å². The van der Waals surface area contributed by atoms with Gasteiger partial charge in [-0.1, -0.05) is 6.42 Å². The molecule has 0 aliphatic carbocycles. The summed E-state index contributed by atoms with van der Waals surface area (Å²) >= 11 is 1.55. The summed E-state index contributed by atoms with van der Waals surface area (Å²) in [6.45, 7) is 2.00. The molecule has 0 fully saturated rings. The smallest absolute Gasteiger partial charge is 0.305 e. The zero-order chi connectivity index (χ0) is 13.8. The maximum absolute atomic E-state index is 5.36. The van der Waals surface area contributed by atoms with Gasteiger partial charge in [0.25, 0.3) is 0 Å². The van der Waals surface area contributed by atoms with Gasteiger partial charge in [0.05, 0.1) is 12.2 Å². The summed E-state index contributed by atoms with van der Waals surface area (Å²) in [5, 5.41) is 11.4. The van der Waals surface area contributed by atoms with Crippen LogP contribution in [0.25, 0.3) is 0 Å². The van der Waals surface area contributed by atoms with Gasteiger partial charge in [-0.3, -0.25) is 0 Å². The maximum Gasteiger partial charge on any atom is 0.408 e. The van der Waals surface area contributed by atoms with Gasteiger partial charge in [-0.05, 0) is 47.1 Å². The average molecular weight is 271 g/mol. The standard InChI is InChI=1S/C14H15N4S/c1-5-17(3)12-6-7-13(11(2)10-12)15-16-14-18(4)8-9-19-14/h1,6-10H,2-4H3/q+1. The zero-order valence-electron chi connectivity index (χ0n) is 11.2. The second kappa shape index (κ2) is 5.63. The van der Waals surface area contributed by atoms with Crippen molar-refractivity contribution in [3.8, 4) is 12.5 Å². The topological polar surface area (TPSA) is 31.8 Å². The third-order valence-electron chi connectivity index (χ3n) is 2.76. The number of benzene rings is 1. The van der Waals surface area contributed by atoms with Crippen molar-refractivity contribution < 1.29 is 4.57 Å². The van der Waals surface area contributed by atoms with Crippen molar-refractivity contribution in [1.82, 2.24) is 0 Å². The number of aromatic nitrogens is 1. The van der Waals surface area contributed by atoms with Gasteiger partial charge < -0.3 is 4.90 Å². The second-order valence-corrected chi connectivity index (χ2v) is 5.03. The Morgan fingerprint density at radius 3 is 2.74 bits per heavy atom. The van der Waals surface area contributed by atoms with Crippen LogP contribution in [0.5, 0.6) is 0 Å². The summed E-state index contributed by atoms with van der Waals surface area (Å²) in [5.74, 6) is 0. The Morgan fingerprint density at radius 1 is 1.37 bits per heavy atom. The molecule has 1 aromatic heterocycles.